The first-order valence-electron chi connectivity index (χ1n) is 5.94. The average Bonchev–Trinajstić information content (AvgIpc) is 2.26. The van der Waals surface area contributed by atoms with Crippen LogP contribution in [0.2, 0.25) is 5.02 Å². The summed E-state index contributed by atoms with van der Waals surface area (Å²) in [6.07, 6.45) is -0.417. The molecule has 19 heavy (non-hydrogen) atoms. The van der Waals surface area contributed by atoms with Crippen molar-refractivity contribution in [2.45, 2.75) is 26.4 Å². The van der Waals surface area contributed by atoms with Crippen LogP contribution in [0.5, 0.6) is 0 Å². The molecule has 0 heterocycles. The molecule has 0 bridgehead atoms. The van der Waals surface area contributed by atoms with Crippen molar-refractivity contribution in [1.29, 1.82) is 0 Å². The maximum Gasteiger partial charge on any atom is 0.407 e. The van der Waals surface area contributed by atoms with E-state index in [2.05, 4.69) is 26.6 Å². The fourth-order valence-electron chi connectivity index (χ4n) is 1.31. The predicted octanol–water partition coefficient (Wildman–Crippen LogP) is 4.04. The summed E-state index contributed by atoms with van der Waals surface area (Å²) in [5.41, 5.74) is 0.409. The predicted molar refractivity (Wildman–Crippen MR) is 81.9 cm³/mol. The minimum atomic E-state index is -0.479. The van der Waals surface area contributed by atoms with Crippen LogP contribution >= 0.6 is 27.5 Å². The number of benzene rings is 1. The highest BCUT2D eigenvalue weighted by Crippen LogP contribution is 2.25. The Morgan fingerprint density at radius 2 is 2.05 bits per heavy atom. The number of nitrogens with one attached hydrogen (secondary N) is 2. The number of rotatable bonds is 4. The lowest BCUT2D eigenvalue weighted by Gasteiger charge is -2.19. The zero-order valence-corrected chi connectivity index (χ0v) is 13.6. The van der Waals surface area contributed by atoms with E-state index >= 15 is 0 Å². The molecule has 1 amide bonds. The van der Waals surface area contributed by atoms with Gasteiger partial charge in [-0.25, -0.2) is 4.79 Å². The molecule has 0 aliphatic carbocycles. The van der Waals surface area contributed by atoms with E-state index in [4.69, 9.17) is 16.3 Å². The van der Waals surface area contributed by atoms with Crippen LogP contribution in [0.25, 0.3) is 0 Å². The van der Waals surface area contributed by atoms with Gasteiger partial charge in [0, 0.05) is 28.3 Å². The number of anilines is 1. The Bertz CT molecular complexity index is 447. The van der Waals surface area contributed by atoms with Crippen molar-refractivity contribution in [1.82, 2.24) is 5.32 Å². The number of amides is 1. The summed E-state index contributed by atoms with van der Waals surface area (Å²) in [6, 6.07) is 5.49. The molecule has 0 aliphatic heterocycles. The molecular weight excluding hydrogens is 332 g/mol. The van der Waals surface area contributed by atoms with E-state index in [-0.39, 0.29) is 0 Å². The molecule has 0 aliphatic rings. The summed E-state index contributed by atoms with van der Waals surface area (Å²) >= 11 is 9.32. The molecular formula is C13H18BrClN2O2. The maximum absolute atomic E-state index is 11.4. The van der Waals surface area contributed by atoms with Gasteiger partial charge >= 0.3 is 6.09 Å². The Morgan fingerprint density at radius 1 is 1.37 bits per heavy atom. The van der Waals surface area contributed by atoms with Gasteiger partial charge in [0.1, 0.15) is 5.60 Å². The van der Waals surface area contributed by atoms with Crippen LogP contribution in [0.15, 0.2) is 22.7 Å². The molecule has 2 N–H and O–H groups in total. The zero-order chi connectivity index (χ0) is 14.5. The Labute approximate surface area is 127 Å². The summed E-state index contributed by atoms with van der Waals surface area (Å²) in [7, 11) is 0. The SMILES string of the molecule is CC(C)(C)OC(=O)NCCNc1cc(Cl)ccc1Br. The van der Waals surface area contributed by atoms with Crippen molar-refractivity contribution in [3.63, 3.8) is 0 Å². The highest BCUT2D eigenvalue weighted by molar-refractivity contribution is 9.10. The number of ether oxygens (including phenoxy) is 1. The van der Waals surface area contributed by atoms with Crippen molar-refractivity contribution in [3.8, 4) is 0 Å². The molecule has 1 rings (SSSR count). The van der Waals surface area contributed by atoms with E-state index in [0.29, 0.717) is 18.1 Å². The molecule has 0 atom stereocenters. The minimum Gasteiger partial charge on any atom is -0.444 e. The van der Waals surface area contributed by atoms with Gasteiger partial charge in [-0.1, -0.05) is 11.6 Å². The maximum atomic E-state index is 11.4. The van der Waals surface area contributed by atoms with Crippen LogP contribution in [-0.2, 0) is 4.74 Å². The largest absolute Gasteiger partial charge is 0.444 e. The summed E-state index contributed by atoms with van der Waals surface area (Å²) < 4.78 is 6.05. The quantitative estimate of drug-likeness (QED) is 0.807. The van der Waals surface area contributed by atoms with Crippen LogP contribution < -0.4 is 10.6 Å². The molecule has 0 saturated carbocycles. The zero-order valence-electron chi connectivity index (χ0n) is 11.2. The average molecular weight is 350 g/mol. The first kappa shape index (κ1) is 16.1. The number of alkyl carbamates (subject to hydrolysis) is 1. The Kier molecular flexibility index (Phi) is 5.94. The molecule has 4 nitrogen and oxygen atoms in total. The van der Waals surface area contributed by atoms with Crippen molar-refractivity contribution >= 4 is 39.3 Å². The van der Waals surface area contributed by atoms with Crippen molar-refractivity contribution in [2.75, 3.05) is 18.4 Å². The molecule has 106 valence electrons. The lowest BCUT2D eigenvalue weighted by Crippen LogP contribution is -2.35. The standard InChI is InChI=1S/C13H18BrClN2O2/c1-13(2,3)19-12(18)17-7-6-16-11-8-9(15)4-5-10(11)14/h4-5,8,16H,6-7H2,1-3H3,(H,17,18). The van der Waals surface area contributed by atoms with E-state index in [1.165, 1.54) is 0 Å². The molecule has 0 unspecified atom stereocenters. The third kappa shape index (κ3) is 6.68. The Hall–Kier alpha value is -0.940. The summed E-state index contributed by atoms with van der Waals surface area (Å²) in [6.45, 7) is 6.53. The normalized spacial score (nSPS) is 11.0. The van der Waals surface area contributed by atoms with Gasteiger partial charge < -0.3 is 15.4 Å². The fourth-order valence-corrected chi connectivity index (χ4v) is 1.87. The number of carbonyl (C=O) groups excluding carboxylic acids is 1. The van der Waals surface area contributed by atoms with E-state index in [9.17, 15) is 4.79 Å². The molecule has 1 aromatic rings. The molecule has 0 saturated heterocycles. The molecule has 0 radical (unpaired) electrons. The van der Waals surface area contributed by atoms with Crippen LogP contribution in [0.3, 0.4) is 0 Å². The van der Waals surface area contributed by atoms with Gasteiger partial charge in [0.15, 0.2) is 0 Å². The van der Waals surface area contributed by atoms with Crippen LogP contribution in [0.4, 0.5) is 10.5 Å². The number of halogens is 2. The lowest BCUT2D eigenvalue weighted by atomic mass is 10.2. The first-order chi connectivity index (χ1) is 8.78. The second-order valence-corrected chi connectivity index (χ2v) is 6.27. The number of carbonyl (C=O) groups is 1. The Balaban J connectivity index is 2.31. The van der Waals surface area contributed by atoms with Gasteiger partial charge in [-0.05, 0) is 54.9 Å². The number of hydrogen-bond donors (Lipinski definition) is 2. The smallest absolute Gasteiger partial charge is 0.407 e. The number of hydrogen-bond acceptors (Lipinski definition) is 3. The molecule has 6 heteroatoms. The minimum absolute atomic E-state index is 0.417. The van der Waals surface area contributed by atoms with Crippen LogP contribution in [-0.4, -0.2) is 24.8 Å². The monoisotopic (exact) mass is 348 g/mol. The van der Waals surface area contributed by atoms with Gasteiger partial charge in [0.25, 0.3) is 0 Å². The van der Waals surface area contributed by atoms with Gasteiger partial charge in [-0.2, -0.15) is 0 Å². The fraction of sp³-hybridized carbons (Fsp3) is 0.462. The van der Waals surface area contributed by atoms with Crippen molar-refractivity contribution in [3.05, 3.63) is 27.7 Å². The van der Waals surface area contributed by atoms with E-state index in [1.807, 2.05) is 32.9 Å². The van der Waals surface area contributed by atoms with E-state index in [0.717, 1.165) is 10.2 Å². The lowest BCUT2D eigenvalue weighted by molar-refractivity contribution is 0.0530. The third-order valence-electron chi connectivity index (χ3n) is 2.04. The topological polar surface area (TPSA) is 50.4 Å². The van der Waals surface area contributed by atoms with E-state index < -0.39 is 11.7 Å². The molecule has 0 fully saturated rings. The van der Waals surface area contributed by atoms with E-state index in [1.54, 1.807) is 6.07 Å². The summed E-state index contributed by atoms with van der Waals surface area (Å²) in [4.78, 5) is 11.4. The van der Waals surface area contributed by atoms with Crippen LogP contribution in [0.1, 0.15) is 20.8 Å². The second-order valence-electron chi connectivity index (χ2n) is 4.98. The van der Waals surface area contributed by atoms with Crippen molar-refractivity contribution in [2.24, 2.45) is 0 Å². The summed E-state index contributed by atoms with van der Waals surface area (Å²) in [5, 5.41) is 6.50. The third-order valence-corrected chi connectivity index (χ3v) is 2.96. The molecule has 1 aromatic carbocycles. The highest BCUT2D eigenvalue weighted by atomic mass is 79.9. The highest BCUT2D eigenvalue weighted by Gasteiger charge is 2.15. The Morgan fingerprint density at radius 3 is 2.68 bits per heavy atom. The van der Waals surface area contributed by atoms with Crippen LogP contribution in [0, 0.1) is 0 Å². The second kappa shape index (κ2) is 7.01. The van der Waals surface area contributed by atoms with Gasteiger partial charge in [-0.15, -0.1) is 0 Å². The van der Waals surface area contributed by atoms with Crippen molar-refractivity contribution < 1.29 is 9.53 Å². The first-order valence-corrected chi connectivity index (χ1v) is 7.11. The van der Waals surface area contributed by atoms with Gasteiger partial charge in [-0.3, -0.25) is 0 Å². The molecule has 0 spiro atoms. The van der Waals surface area contributed by atoms with Gasteiger partial charge in [0.05, 0.1) is 0 Å². The summed E-state index contributed by atoms with van der Waals surface area (Å²) in [5.74, 6) is 0. The van der Waals surface area contributed by atoms with Gasteiger partial charge in [0.2, 0.25) is 0 Å². The molecule has 0 aromatic heterocycles.